The molecule has 19 heavy (non-hydrogen) atoms. The van der Waals surface area contributed by atoms with E-state index in [2.05, 4.69) is 10.3 Å². The highest BCUT2D eigenvalue weighted by Gasteiger charge is 2.16. The van der Waals surface area contributed by atoms with Crippen molar-refractivity contribution in [3.63, 3.8) is 0 Å². The highest BCUT2D eigenvalue weighted by atomic mass is 35.5. The van der Waals surface area contributed by atoms with Crippen LogP contribution in [0.25, 0.3) is 5.69 Å². The fourth-order valence-electron chi connectivity index (χ4n) is 1.79. The lowest BCUT2D eigenvalue weighted by molar-refractivity contribution is 0.178. The summed E-state index contributed by atoms with van der Waals surface area (Å²) in [6.07, 6.45) is 0. The van der Waals surface area contributed by atoms with Gasteiger partial charge >= 0.3 is 0 Å². The number of benzene rings is 1. The molecule has 0 atom stereocenters. The first-order valence-electron chi connectivity index (χ1n) is 5.67. The van der Waals surface area contributed by atoms with Crippen LogP contribution in [0.1, 0.15) is 11.4 Å². The first-order valence-corrected chi connectivity index (χ1v) is 6.05. The van der Waals surface area contributed by atoms with Gasteiger partial charge in [0.15, 0.2) is 0 Å². The number of hydrogen-bond acceptors (Lipinski definition) is 5. The maximum atomic E-state index is 6.02. The summed E-state index contributed by atoms with van der Waals surface area (Å²) in [5, 5.41) is 8.72. The van der Waals surface area contributed by atoms with Crippen molar-refractivity contribution in [1.82, 2.24) is 15.0 Å². The molecule has 1 aromatic heterocycles. The van der Waals surface area contributed by atoms with Crippen LogP contribution in [-0.2, 0) is 17.9 Å². The van der Waals surface area contributed by atoms with Crippen molar-refractivity contribution in [2.45, 2.75) is 13.2 Å². The van der Waals surface area contributed by atoms with E-state index < -0.39 is 0 Å². The maximum Gasteiger partial charge on any atom is 0.144 e. The van der Waals surface area contributed by atoms with Gasteiger partial charge in [-0.3, -0.25) is 0 Å². The van der Waals surface area contributed by atoms with Crippen LogP contribution in [0.15, 0.2) is 18.2 Å². The van der Waals surface area contributed by atoms with Crippen molar-refractivity contribution in [3.05, 3.63) is 34.6 Å². The number of nitrogens with two attached hydrogens (primary N) is 1. The molecule has 0 saturated carbocycles. The fourth-order valence-corrected chi connectivity index (χ4v) is 1.96. The highest BCUT2D eigenvalue weighted by molar-refractivity contribution is 6.30. The molecule has 102 valence electrons. The second-order valence-corrected chi connectivity index (χ2v) is 4.28. The van der Waals surface area contributed by atoms with Crippen LogP contribution in [0.3, 0.4) is 0 Å². The Hall–Kier alpha value is -1.63. The molecule has 0 aliphatic rings. The van der Waals surface area contributed by atoms with E-state index >= 15 is 0 Å². The second-order valence-electron chi connectivity index (χ2n) is 3.85. The van der Waals surface area contributed by atoms with E-state index in [1.54, 1.807) is 37.1 Å². The molecule has 0 amide bonds. The Morgan fingerprint density at radius 2 is 2.16 bits per heavy atom. The van der Waals surface area contributed by atoms with Gasteiger partial charge in [0.25, 0.3) is 0 Å². The quantitative estimate of drug-likeness (QED) is 0.900. The van der Waals surface area contributed by atoms with Crippen molar-refractivity contribution >= 4 is 11.6 Å². The summed E-state index contributed by atoms with van der Waals surface area (Å²) in [5.41, 5.74) is 7.81. The topological polar surface area (TPSA) is 75.2 Å². The summed E-state index contributed by atoms with van der Waals surface area (Å²) in [6, 6.07) is 5.28. The zero-order chi connectivity index (χ0) is 13.8. The van der Waals surface area contributed by atoms with Gasteiger partial charge in [0.1, 0.15) is 17.1 Å². The molecule has 0 bridgehead atoms. The summed E-state index contributed by atoms with van der Waals surface area (Å²) >= 11 is 6.02. The third-order valence-corrected chi connectivity index (χ3v) is 2.92. The minimum Gasteiger partial charge on any atom is -0.494 e. The average Bonchev–Trinajstić information content (AvgIpc) is 2.82. The predicted octanol–water partition coefficient (Wildman–Crippen LogP) is 1.53. The SMILES string of the molecule is COCc1c(CN)nnn1-c1cc(Cl)ccc1OC. The summed E-state index contributed by atoms with van der Waals surface area (Å²) in [6.45, 7) is 0.650. The van der Waals surface area contributed by atoms with Gasteiger partial charge in [-0.2, -0.15) is 0 Å². The van der Waals surface area contributed by atoms with E-state index in [0.717, 1.165) is 5.69 Å². The molecule has 0 spiro atoms. The molecule has 6 nitrogen and oxygen atoms in total. The van der Waals surface area contributed by atoms with Gasteiger partial charge < -0.3 is 15.2 Å². The first kappa shape index (κ1) is 13.8. The van der Waals surface area contributed by atoms with Crippen molar-refractivity contribution in [3.8, 4) is 11.4 Å². The Balaban J connectivity index is 2.57. The van der Waals surface area contributed by atoms with Crippen molar-refractivity contribution in [1.29, 1.82) is 0 Å². The van der Waals surface area contributed by atoms with Crippen LogP contribution < -0.4 is 10.5 Å². The number of rotatable bonds is 5. The molecule has 0 aliphatic carbocycles. The largest absolute Gasteiger partial charge is 0.494 e. The van der Waals surface area contributed by atoms with Gasteiger partial charge in [0.2, 0.25) is 0 Å². The Morgan fingerprint density at radius 3 is 2.79 bits per heavy atom. The Bertz CT molecular complexity index is 571. The zero-order valence-corrected chi connectivity index (χ0v) is 11.5. The predicted molar refractivity (Wildman–Crippen MR) is 71.5 cm³/mol. The number of methoxy groups -OCH3 is 2. The van der Waals surface area contributed by atoms with Crippen LogP contribution in [0.5, 0.6) is 5.75 Å². The maximum absolute atomic E-state index is 6.02. The molecule has 7 heteroatoms. The van der Waals surface area contributed by atoms with E-state index in [4.69, 9.17) is 26.8 Å². The molecule has 0 radical (unpaired) electrons. The minimum absolute atomic E-state index is 0.293. The summed E-state index contributed by atoms with van der Waals surface area (Å²) in [5.74, 6) is 0.648. The lowest BCUT2D eigenvalue weighted by Crippen LogP contribution is -2.08. The average molecular weight is 283 g/mol. The molecular weight excluding hydrogens is 268 g/mol. The molecule has 2 N–H and O–H groups in total. The summed E-state index contributed by atoms with van der Waals surface area (Å²) in [4.78, 5) is 0. The summed E-state index contributed by atoms with van der Waals surface area (Å²) in [7, 11) is 3.19. The number of halogens is 1. The number of aromatic nitrogens is 3. The number of ether oxygens (including phenoxy) is 2. The molecule has 1 aromatic carbocycles. The molecule has 2 aromatic rings. The molecule has 0 saturated heterocycles. The zero-order valence-electron chi connectivity index (χ0n) is 10.8. The first-order chi connectivity index (χ1) is 9.21. The van der Waals surface area contributed by atoms with E-state index in [1.807, 2.05) is 0 Å². The standard InChI is InChI=1S/C12H15ClN4O2/c1-18-7-11-9(6-14)15-16-17(11)10-5-8(13)3-4-12(10)19-2/h3-5H,6-7,14H2,1-2H3. The van der Waals surface area contributed by atoms with E-state index in [0.29, 0.717) is 35.3 Å². The van der Waals surface area contributed by atoms with E-state index in [1.165, 1.54) is 0 Å². The fraction of sp³-hybridized carbons (Fsp3) is 0.333. The third-order valence-electron chi connectivity index (χ3n) is 2.69. The van der Waals surface area contributed by atoms with Gasteiger partial charge in [0, 0.05) is 18.7 Å². The van der Waals surface area contributed by atoms with Crippen molar-refractivity contribution in [2.75, 3.05) is 14.2 Å². The van der Waals surface area contributed by atoms with Gasteiger partial charge in [-0.05, 0) is 18.2 Å². The van der Waals surface area contributed by atoms with Crippen LogP contribution in [0, 0.1) is 0 Å². The monoisotopic (exact) mass is 282 g/mol. The third kappa shape index (κ3) is 2.70. The van der Waals surface area contributed by atoms with E-state index in [9.17, 15) is 0 Å². The number of nitrogens with zero attached hydrogens (tertiary/aromatic N) is 3. The lowest BCUT2D eigenvalue weighted by atomic mass is 10.2. The number of hydrogen-bond donors (Lipinski definition) is 1. The normalized spacial score (nSPS) is 10.7. The summed E-state index contributed by atoms with van der Waals surface area (Å²) < 4.78 is 12.1. The molecule has 0 fully saturated rings. The van der Waals surface area contributed by atoms with Crippen LogP contribution in [-0.4, -0.2) is 29.2 Å². The van der Waals surface area contributed by atoms with E-state index in [-0.39, 0.29) is 0 Å². The van der Waals surface area contributed by atoms with Crippen molar-refractivity contribution in [2.24, 2.45) is 5.73 Å². The Morgan fingerprint density at radius 1 is 1.37 bits per heavy atom. The Labute approximate surface area is 116 Å². The van der Waals surface area contributed by atoms with Gasteiger partial charge in [-0.1, -0.05) is 16.8 Å². The molecule has 2 rings (SSSR count). The van der Waals surface area contributed by atoms with Gasteiger partial charge in [-0.25, -0.2) is 4.68 Å². The van der Waals surface area contributed by atoms with Crippen LogP contribution in [0.4, 0.5) is 0 Å². The smallest absolute Gasteiger partial charge is 0.144 e. The van der Waals surface area contributed by atoms with Gasteiger partial charge in [-0.15, -0.1) is 5.10 Å². The minimum atomic E-state index is 0.293. The lowest BCUT2D eigenvalue weighted by Gasteiger charge is -2.11. The van der Waals surface area contributed by atoms with Gasteiger partial charge in [0.05, 0.1) is 19.4 Å². The molecular formula is C12H15ClN4O2. The molecule has 0 aliphatic heterocycles. The van der Waals surface area contributed by atoms with Crippen LogP contribution >= 0.6 is 11.6 Å². The Kier molecular flexibility index (Phi) is 4.36. The second kappa shape index (κ2) is 6.01. The molecule has 0 unspecified atom stereocenters. The van der Waals surface area contributed by atoms with Crippen molar-refractivity contribution < 1.29 is 9.47 Å². The highest BCUT2D eigenvalue weighted by Crippen LogP contribution is 2.27. The molecule has 1 heterocycles. The van der Waals surface area contributed by atoms with Crippen LogP contribution in [0.2, 0.25) is 5.02 Å².